The minimum Gasteiger partial charge on any atom is -0.394 e. The number of amides is 2. The highest BCUT2D eigenvalue weighted by atomic mass is 32.2. The average molecular weight is 230 g/mol. The predicted molar refractivity (Wildman–Crippen MR) is 56.6 cm³/mol. The van der Waals surface area contributed by atoms with E-state index in [1.54, 1.807) is 4.90 Å². The van der Waals surface area contributed by atoms with E-state index in [0.717, 1.165) is 24.6 Å². The Kier molecular flexibility index (Phi) is 3.16. The first-order valence-electron chi connectivity index (χ1n) is 5.07. The van der Waals surface area contributed by atoms with Crippen molar-refractivity contribution < 1.29 is 14.7 Å². The Morgan fingerprint density at radius 1 is 1.67 bits per heavy atom. The molecule has 2 aliphatic rings. The molecule has 0 aromatic heterocycles. The summed E-state index contributed by atoms with van der Waals surface area (Å²) in [5.74, 6) is 0.455. The van der Waals surface area contributed by atoms with Crippen molar-refractivity contribution in [3.63, 3.8) is 0 Å². The van der Waals surface area contributed by atoms with Gasteiger partial charge in [0, 0.05) is 12.3 Å². The second-order valence-corrected chi connectivity index (χ2v) is 4.80. The Bertz CT molecular complexity index is 285. The molecule has 2 saturated heterocycles. The third-order valence-corrected chi connectivity index (χ3v) is 3.72. The van der Waals surface area contributed by atoms with Gasteiger partial charge in [-0.05, 0) is 12.8 Å². The van der Waals surface area contributed by atoms with Gasteiger partial charge in [-0.2, -0.15) is 0 Å². The number of thioether (sulfide) groups is 1. The highest BCUT2D eigenvalue weighted by molar-refractivity contribution is 8.14. The fourth-order valence-electron chi connectivity index (χ4n) is 2.03. The van der Waals surface area contributed by atoms with Crippen LogP contribution in [0.1, 0.15) is 12.8 Å². The average Bonchev–Trinajstić information content (AvgIpc) is 2.84. The largest absolute Gasteiger partial charge is 0.394 e. The van der Waals surface area contributed by atoms with Crippen LogP contribution in [0.4, 0.5) is 4.79 Å². The number of rotatable bonds is 2. The summed E-state index contributed by atoms with van der Waals surface area (Å²) >= 11 is 1.14. The summed E-state index contributed by atoms with van der Waals surface area (Å²) in [6, 6.07) is -0.449. The normalized spacial score (nSPS) is 30.7. The highest BCUT2D eigenvalue weighted by Gasteiger charge is 2.36. The highest BCUT2D eigenvalue weighted by Crippen LogP contribution is 2.21. The first kappa shape index (κ1) is 10.8. The van der Waals surface area contributed by atoms with Crippen molar-refractivity contribution in [1.29, 1.82) is 0 Å². The summed E-state index contributed by atoms with van der Waals surface area (Å²) in [4.78, 5) is 24.6. The monoisotopic (exact) mass is 230 g/mol. The zero-order valence-electron chi connectivity index (χ0n) is 8.31. The molecule has 2 heterocycles. The van der Waals surface area contributed by atoms with Gasteiger partial charge < -0.3 is 15.3 Å². The number of carbonyl (C=O) groups excluding carboxylic acids is 2. The Labute approximate surface area is 92.2 Å². The smallest absolute Gasteiger partial charge is 0.279 e. The summed E-state index contributed by atoms with van der Waals surface area (Å²) in [5.41, 5.74) is 0. The molecule has 2 fully saturated rings. The molecule has 15 heavy (non-hydrogen) atoms. The molecular formula is C9H14N2O3S. The maximum atomic E-state index is 11.9. The molecule has 6 heteroatoms. The number of nitrogens with zero attached hydrogens (tertiary/aromatic N) is 1. The minimum absolute atomic E-state index is 0.0134. The fraction of sp³-hybridized carbons (Fsp3) is 0.778. The van der Waals surface area contributed by atoms with Crippen LogP contribution in [-0.4, -0.2) is 52.1 Å². The number of likely N-dealkylation sites (tertiary alicyclic amines) is 1. The third kappa shape index (κ3) is 2.10. The van der Waals surface area contributed by atoms with E-state index in [1.165, 1.54) is 0 Å². The molecule has 0 aromatic rings. The SMILES string of the molecule is O=C1NC(C(=O)N2CCC[C@@H]2CO)CS1. The van der Waals surface area contributed by atoms with Crippen molar-refractivity contribution in [1.82, 2.24) is 10.2 Å². The van der Waals surface area contributed by atoms with Gasteiger partial charge in [-0.25, -0.2) is 0 Å². The lowest BCUT2D eigenvalue weighted by molar-refractivity contribution is -0.134. The van der Waals surface area contributed by atoms with Crippen LogP contribution >= 0.6 is 11.8 Å². The maximum Gasteiger partial charge on any atom is 0.279 e. The standard InChI is InChI=1S/C9H14N2O3S/c12-4-6-2-1-3-11(6)8(13)7-5-15-9(14)10-7/h6-7,12H,1-5H2,(H,10,14)/t6-,7?/m1/s1. The van der Waals surface area contributed by atoms with E-state index < -0.39 is 6.04 Å². The molecule has 2 atom stereocenters. The summed E-state index contributed by atoms with van der Waals surface area (Å²) < 4.78 is 0. The second kappa shape index (κ2) is 4.40. The van der Waals surface area contributed by atoms with E-state index in [4.69, 9.17) is 5.11 Å². The molecule has 0 radical (unpaired) electrons. The Morgan fingerprint density at radius 2 is 2.47 bits per heavy atom. The Morgan fingerprint density at radius 3 is 3.07 bits per heavy atom. The zero-order chi connectivity index (χ0) is 10.8. The molecule has 84 valence electrons. The van der Waals surface area contributed by atoms with Crippen LogP contribution in [0.2, 0.25) is 0 Å². The van der Waals surface area contributed by atoms with Crippen LogP contribution in [0.5, 0.6) is 0 Å². The van der Waals surface area contributed by atoms with E-state index in [0.29, 0.717) is 12.3 Å². The molecule has 0 saturated carbocycles. The molecule has 2 N–H and O–H groups in total. The number of carbonyl (C=O) groups is 2. The van der Waals surface area contributed by atoms with Crippen molar-refractivity contribution in [2.75, 3.05) is 18.9 Å². The molecule has 2 rings (SSSR count). The van der Waals surface area contributed by atoms with E-state index in [2.05, 4.69) is 5.32 Å². The number of aliphatic hydroxyl groups excluding tert-OH is 1. The van der Waals surface area contributed by atoms with Gasteiger partial charge in [0.1, 0.15) is 6.04 Å². The van der Waals surface area contributed by atoms with Crippen LogP contribution in [-0.2, 0) is 4.79 Å². The quantitative estimate of drug-likeness (QED) is 0.689. The lowest BCUT2D eigenvalue weighted by Crippen LogP contribution is -2.48. The lowest BCUT2D eigenvalue weighted by Gasteiger charge is -2.25. The summed E-state index contributed by atoms with van der Waals surface area (Å²) in [5, 5.41) is 11.6. The summed E-state index contributed by atoms with van der Waals surface area (Å²) in [6.45, 7) is 0.709. The van der Waals surface area contributed by atoms with Crippen molar-refractivity contribution in [2.45, 2.75) is 24.9 Å². The molecule has 2 aliphatic heterocycles. The van der Waals surface area contributed by atoms with Gasteiger partial charge >= 0.3 is 0 Å². The van der Waals surface area contributed by atoms with E-state index in [1.807, 2.05) is 0 Å². The lowest BCUT2D eigenvalue weighted by atomic mass is 10.2. The molecule has 0 aromatic carbocycles. The molecular weight excluding hydrogens is 216 g/mol. The zero-order valence-corrected chi connectivity index (χ0v) is 9.13. The Hall–Kier alpha value is -0.750. The fourth-order valence-corrected chi connectivity index (χ4v) is 2.80. The van der Waals surface area contributed by atoms with Gasteiger partial charge in [-0.1, -0.05) is 11.8 Å². The van der Waals surface area contributed by atoms with E-state index in [-0.39, 0.29) is 23.8 Å². The first-order chi connectivity index (χ1) is 7.22. The minimum atomic E-state index is -0.394. The molecule has 1 unspecified atom stereocenters. The summed E-state index contributed by atoms with van der Waals surface area (Å²) in [6.07, 6.45) is 1.79. The van der Waals surface area contributed by atoms with Crippen LogP contribution in [0, 0.1) is 0 Å². The molecule has 5 nitrogen and oxygen atoms in total. The number of nitrogens with one attached hydrogen (secondary N) is 1. The topological polar surface area (TPSA) is 69.6 Å². The van der Waals surface area contributed by atoms with Crippen molar-refractivity contribution >= 4 is 22.9 Å². The predicted octanol–water partition coefficient (Wildman–Crippen LogP) is -0.205. The first-order valence-corrected chi connectivity index (χ1v) is 6.05. The second-order valence-electron chi connectivity index (χ2n) is 3.81. The van der Waals surface area contributed by atoms with Crippen molar-refractivity contribution in [3.8, 4) is 0 Å². The van der Waals surface area contributed by atoms with E-state index in [9.17, 15) is 9.59 Å². The van der Waals surface area contributed by atoms with Crippen LogP contribution in [0.25, 0.3) is 0 Å². The van der Waals surface area contributed by atoms with Crippen LogP contribution in [0.15, 0.2) is 0 Å². The number of hydrogen-bond donors (Lipinski definition) is 2. The van der Waals surface area contributed by atoms with Gasteiger partial charge in [0.2, 0.25) is 5.91 Å². The van der Waals surface area contributed by atoms with Gasteiger partial charge in [0.05, 0.1) is 12.6 Å². The third-order valence-electron chi connectivity index (χ3n) is 2.84. The number of aliphatic hydroxyl groups is 1. The number of hydrogen-bond acceptors (Lipinski definition) is 4. The molecule has 0 bridgehead atoms. The van der Waals surface area contributed by atoms with Gasteiger partial charge in [-0.15, -0.1) is 0 Å². The van der Waals surface area contributed by atoms with Gasteiger partial charge in [0.15, 0.2) is 0 Å². The van der Waals surface area contributed by atoms with Gasteiger partial charge in [-0.3, -0.25) is 9.59 Å². The molecule has 0 spiro atoms. The van der Waals surface area contributed by atoms with Crippen LogP contribution in [0.3, 0.4) is 0 Å². The maximum absolute atomic E-state index is 11.9. The summed E-state index contributed by atoms with van der Waals surface area (Å²) in [7, 11) is 0. The van der Waals surface area contributed by atoms with Crippen molar-refractivity contribution in [3.05, 3.63) is 0 Å². The van der Waals surface area contributed by atoms with E-state index >= 15 is 0 Å². The molecule has 2 amide bonds. The van der Waals surface area contributed by atoms with Gasteiger partial charge in [0.25, 0.3) is 5.24 Å². The van der Waals surface area contributed by atoms with Crippen LogP contribution < -0.4 is 5.32 Å². The molecule has 0 aliphatic carbocycles. The Balaban J connectivity index is 1.98. The van der Waals surface area contributed by atoms with Crippen molar-refractivity contribution in [2.24, 2.45) is 0 Å².